The summed E-state index contributed by atoms with van der Waals surface area (Å²) in [7, 11) is 0. The second-order valence-electron chi connectivity index (χ2n) is 8.19. The fourth-order valence-corrected chi connectivity index (χ4v) is 4.42. The number of fused-ring (bicyclic) bond motifs is 1. The fraction of sp³-hybridized carbons (Fsp3) is 0.375. The molecule has 30 heavy (non-hydrogen) atoms. The Kier molecular flexibility index (Phi) is 5.95. The van der Waals surface area contributed by atoms with Gasteiger partial charge in [-0.3, -0.25) is 19.3 Å². The van der Waals surface area contributed by atoms with Crippen molar-refractivity contribution in [1.82, 2.24) is 10.2 Å². The number of quaternary nitrogens is 1. The minimum atomic E-state index is -0.285. The first-order chi connectivity index (χ1) is 14.6. The number of nitrogens with zero attached hydrogens (tertiary/aromatic N) is 1. The first-order valence-electron chi connectivity index (χ1n) is 10.8. The minimum Gasteiger partial charge on any atom is -0.349 e. The van der Waals surface area contributed by atoms with Crippen LogP contribution in [0.2, 0.25) is 0 Å². The molecule has 0 aromatic heterocycles. The number of imide groups is 1. The standard InChI is InChI=1S/C24H27N3O3/c1-2-12-26-13-10-19(11-14-26)25-22(28)18-7-5-6-17(15-18)16-27-23(29)20-8-3-4-9-21(20)24(27)30/h3-9,15,19H,2,10-14,16H2,1H3,(H,25,28)/p+1. The lowest BCUT2D eigenvalue weighted by Gasteiger charge is -2.29. The molecule has 4 rings (SSSR count). The zero-order valence-corrected chi connectivity index (χ0v) is 17.3. The number of amides is 3. The summed E-state index contributed by atoms with van der Waals surface area (Å²) in [4.78, 5) is 40.8. The van der Waals surface area contributed by atoms with Crippen molar-refractivity contribution in [1.29, 1.82) is 0 Å². The fourth-order valence-electron chi connectivity index (χ4n) is 4.42. The molecule has 0 radical (unpaired) electrons. The lowest BCUT2D eigenvalue weighted by Crippen LogP contribution is -3.13. The summed E-state index contributed by atoms with van der Waals surface area (Å²) < 4.78 is 0. The molecular weight excluding hydrogens is 378 g/mol. The third-order valence-corrected chi connectivity index (χ3v) is 6.04. The molecule has 0 atom stereocenters. The molecule has 6 nitrogen and oxygen atoms in total. The minimum absolute atomic E-state index is 0.0943. The van der Waals surface area contributed by atoms with Crippen molar-refractivity contribution >= 4 is 17.7 Å². The van der Waals surface area contributed by atoms with Crippen LogP contribution in [0.4, 0.5) is 0 Å². The second kappa shape index (κ2) is 8.79. The van der Waals surface area contributed by atoms with Crippen LogP contribution in [0, 0.1) is 0 Å². The first kappa shape index (κ1) is 20.3. The highest BCUT2D eigenvalue weighted by atomic mass is 16.2. The summed E-state index contributed by atoms with van der Waals surface area (Å²) in [5, 5.41) is 3.15. The number of carbonyl (C=O) groups excluding carboxylic acids is 3. The average molecular weight is 407 g/mol. The summed E-state index contributed by atoms with van der Waals surface area (Å²) in [6.07, 6.45) is 3.18. The van der Waals surface area contributed by atoms with Gasteiger partial charge in [0.05, 0.1) is 37.3 Å². The van der Waals surface area contributed by atoms with E-state index < -0.39 is 0 Å². The third-order valence-electron chi connectivity index (χ3n) is 6.04. The Morgan fingerprint density at radius 3 is 2.33 bits per heavy atom. The van der Waals surface area contributed by atoms with Crippen LogP contribution >= 0.6 is 0 Å². The zero-order chi connectivity index (χ0) is 21.1. The van der Waals surface area contributed by atoms with Crippen LogP contribution in [-0.4, -0.2) is 48.3 Å². The van der Waals surface area contributed by atoms with Crippen molar-refractivity contribution in [3.05, 3.63) is 70.8 Å². The van der Waals surface area contributed by atoms with E-state index in [2.05, 4.69) is 12.2 Å². The van der Waals surface area contributed by atoms with Gasteiger partial charge in [-0.2, -0.15) is 0 Å². The van der Waals surface area contributed by atoms with E-state index in [0.717, 1.165) is 31.5 Å². The Morgan fingerprint density at radius 2 is 1.70 bits per heavy atom. The van der Waals surface area contributed by atoms with E-state index in [-0.39, 0.29) is 30.3 Å². The topological polar surface area (TPSA) is 70.9 Å². The SMILES string of the molecule is CCC[NH+]1CCC(NC(=O)c2cccc(CN3C(=O)c4ccccc4C3=O)c2)CC1. The summed E-state index contributed by atoms with van der Waals surface area (Å²) in [6.45, 7) is 5.75. The van der Waals surface area contributed by atoms with Gasteiger partial charge in [0.2, 0.25) is 0 Å². The number of nitrogens with one attached hydrogen (secondary N) is 2. The molecule has 0 bridgehead atoms. The summed E-state index contributed by atoms with van der Waals surface area (Å²) >= 11 is 0. The highest BCUT2D eigenvalue weighted by Crippen LogP contribution is 2.24. The van der Waals surface area contributed by atoms with Crippen LogP contribution in [0.25, 0.3) is 0 Å². The molecule has 0 spiro atoms. The molecule has 0 saturated carbocycles. The molecule has 2 aromatic rings. The summed E-state index contributed by atoms with van der Waals surface area (Å²) in [6, 6.07) is 14.3. The predicted molar refractivity (Wildman–Crippen MR) is 113 cm³/mol. The lowest BCUT2D eigenvalue weighted by molar-refractivity contribution is -0.905. The number of piperidine rings is 1. The monoisotopic (exact) mass is 406 g/mol. The maximum Gasteiger partial charge on any atom is 0.261 e. The molecule has 0 aliphatic carbocycles. The highest BCUT2D eigenvalue weighted by molar-refractivity contribution is 6.21. The van der Waals surface area contributed by atoms with E-state index in [1.165, 1.54) is 17.9 Å². The van der Waals surface area contributed by atoms with Crippen molar-refractivity contribution in [2.75, 3.05) is 19.6 Å². The first-order valence-corrected chi connectivity index (χ1v) is 10.8. The van der Waals surface area contributed by atoms with E-state index in [0.29, 0.717) is 16.7 Å². The molecule has 3 amide bonds. The second-order valence-corrected chi connectivity index (χ2v) is 8.19. The number of rotatable bonds is 6. The van der Waals surface area contributed by atoms with Crippen LogP contribution < -0.4 is 10.2 Å². The van der Waals surface area contributed by atoms with Gasteiger partial charge in [-0.05, 0) is 36.2 Å². The van der Waals surface area contributed by atoms with Crippen molar-refractivity contribution in [2.45, 2.75) is 38.8 Å². The maximum atomic E-state index is 12.8. The van der Waals surface area contributed by atoms with Crippen LogP contribution in [0.1, 0.15) is 62.8 Å². The summed E-state index contributed by atoms with van der Waals surface area (Å²) in [5.41, 5.74) is 2.20. The molecule has 6 heteroatoms. The van der Waals surface area contributed by atoms with Gasteiger partial charge in [0, 0.05) is 24.4 Å². The van der Waals surface area contributed by atoms with Gasteiger partial charge in [0.15, 0.2) is 0 Å². The van der Waals surface area contributed by atoms with Gasteiger partial charge in [-0.1, -0.05) is 31.2 Å². The Morgan fingerprint density at radius 1 is 1.03 bits per heavy atom. The molecular formula is C24H28N3O3+. The van der Waals surface area contributed by atoms with Gasteiger partial charge >= 0.3 is 0 Å². The van der Waals surface area contributed by atoms with E-state index in [9.17, 15) is 14.4 Å². The van der Waals surface area contributed by atoms with Crippen LogP contribution in [-0.2, 0) is 6.54 Å². The number of hydrogen-bond acceptors (Lipinski definition) is 3. The molecule has 2 heterocycles. The van der Waals surface area contributed by atoms with Crippen LogP contribution in [0.15, 0.2) is 48.5 Å². The maximum absolute atomic E-state index is 12.8. The number of hydrogen-bond donors (Lipinski definition) is 2. The van der Waals surface area contributed by atoms with Crippen molar-refractivity contribution in [3.8, 4) is 0 Å². The number of benzene rings is 2. The number of carbonyl (C=O) groups is 3. The van der Waals surface area contributed by atoms with Crippen LogP contribution in [0.5, 0.6) is 0 Å². The average Bonchev–Trinajstić information content (AvgIpc) is 3.01. The molecule has 0 unspecified atom stereocenters. The Balaban J connectivity index is 1.39. The van der Waals surface area contributed by atoms with Gasteiger partial charge < -0.3 is 10.2 Å². The predicted octanol–water partition coefficient (Wildman–Crippen LogP) is 1.67. The zero-order valence-electron chi connectivity index (χ0n) is 17.3. The molecule has 1 fully saturated rings. The van der Waals surface area contributed by atoms with Crippen molar-refractivity contribution < 1.29 is 19.3 Å². The van der Waals surface area contributed by atoms with E-state index >= 15 is 0 Å². The van der Waals surface area contributed by atoms with Gasteiger partial charge in [-0.15, -0.1) is 0 Å². The lowest BCUT2D eigenvalue weighted by atomic mass is 10.0. The number of likely N-dealkylation sites (tertiary alicyclic amines) is 1. The molecule has 2 aliphatic heterocycles. The van der Waals surface area contributed by atoms with Crippen molar-refractivity contribution in [3.63, 3.8) is 0 Å². The Hall–Kier alpha value is -2.99. The smallest absolute Gasteiger partial charge is 0.261 e. The Labute approximate surface area is 176 Å². The molecule has 2 aromatic carbocycles. The molecule has 156 valence electrons. The van der Waals surface area contributed by atoms with Crippen molar-refractivity contribution in [2.24, 2.45) is 0 Å². The molecule has 2 aliphatic rings. The van der Waals surface area contributed by atoms with E-state index in [4.69, 9.17) is 0 Å². The van der Waals surface area contributed by atoms with E-state index in [1.54, 1.807) is 47.4 Å². The molecule has 1 saturated heterocycles. The molecule has 2 N–H and O–H groups in total. The highest BCUT2D eigenvalue weighted by Gasteiger charge is 2.35. The Bertz CT molecular complexity index is 929. The van der Waals surface area contributed by atoms with Gasteiger partial charge in [0.1, 0.15) is 0 Å². The quantitative estimate of drug-likeness (QED) is 0.717. The van der Waals surface area contributed by atoms with Gasteiger partial charge in [-0.25, -0.2) is 0 Å². The summed E-state index contributed by atoms with van der Waals surface area (Å²) in [5.74, 6) is -0.665. The van der Waals surface area contributed by atoms with Crippen LogP contribution in [0.3, 0.4) is 0 Å². The van der Waals surface area contributed by atoms with E-state index in [1.807, 2.05) is 6.07 Å². The third kappa shape index (κ3) is 4.14. The largest absolute Gasteiger partial charge is 0.349 e. The normalized spacial score (nSPS) is 20.9. The van der Waals surface area contributed by atoms with Gasteiger partial charge in [0.25, 0.3) is 17.7 Å².